The molecule has 35 heavy (non-hydrogen) atoms. The number of amides is 1. The second kappa shape index (κ2) is 12.6. The summed E-state index contributed by atoms with van der Waals surface area (Å²) in [4.78, 5) is 15.9. The van der Waals surface area contributed by atoms with Gasteiger partial charge >= 0.3 is 0 Å². The van der Waals surface area contributed by atoms with E-state index >= 15 is 0 Å². The van der Waals surface area contributed by atoms with Gasteiger partial charge in [0, 0.05) is 50.9 Å². The normalized spacial score (nSPS) is 16.8. The molecule has 9 nitrogen and oxygen atoms in total. The maximum atomic E-state index is 11.5. The first-order valence-corrected chi connectivity index (χ1v) is 12.7. The van der Waals surface area contributed by atoms with E-state index in [1.165, 1.54) is 25.9 Å². The number of rotatable bonds is 11. The van der Waals surface area contributed by atoms with Gasteiger partial charge in [-0.1, -0.05) is 0 Å². The fourth-order valence-electron chi connectivity index (χ4n) is 4.73. The smallest absolute Gasteiger partial charge is 0.219 e. The van der Waals surface area contributed by atoms with Crippen LogP contribution in [0.4, 0.5) is 17.2 Å². The second-order valence-corrected chi connectivity index (χ2v) is 9.40. The summed E-state index contributed by atoms with van der Waals surface area (Å²) in [6, 6.07) is 7.80. The molecule has 2 aromatic rings. The van der Waals surface area contributed by atoms with Crippen molar-refractivity contribution in [2.75, 3.05) is 63.6 Å². The lowest BCUT2D eigenvalue weighted by atomic mass is 9.97. The van der Waals surface area contributed by atoms with Crippen LogP contribution in [-0.4, -0.2) is 78.9 Å². The number of anilines is 3. The summed E-state index contributed by atoms with van der Waals surface area (Å²) in [6.45, 7) is 8.27. The Balaban J connectivity index is 1.28. The van der Waals surface area contributed by atoms with E-state index in [1.54, 1.807) is 20.2 Å². The number of likely N-dealkylation sites (tertiary alicyclic amines) is 2. The molecule has 0 spiro atoms. The van der Waals surface area contributed by atoms with Crippen molar-refractivity contribution in [1.29, 1.82) is 0 Å². The van der Waals surface area contributed by atoms with Crippen LogP contribution < -0.4 is 20.1 Å². The van der Waals surface area contributed by atoms with Crippen LogP contribution in [0.5, 0.6) is 11.5 Å². The summed E-state index contributed by atoms with van der Waals surface area (Å²) < 4.78 is 11.6. The minimum Gasteiger partial charge on any atom is -0.493 e. The number of hydrogen-bond acceptors (Lipinski definition) is 8. The standard InChI is InChI=1S/C26H38N6O3/c1-20(33)32-13-8-21(9-14-32)18-27-26-17-23(19-28-30-26)29-22-6-7-24(34-2)25(16-22)35-15-5-12-31-10-3-4-11-31/h6-7,16-17,19,21H,3-5,8-15,18H2,1-2H3,(H2,27,29,30). The molecular weight excluding hydrogens is 444 g/mol. The molecule has 0 bridgehead atoms. The van der Waals surface area contributed by atoms with Crippen LogP contribution in [0.15, 0.2) is 30.5 Å². The van der Waals surface area contributed by atoms with Crippen molar-refractivity contribution in [2.24, 2.45) is 5.92 Å². The largest absolute Gasteiger partial charge is 0.493 e. The first kappa shape index (κ1) is 25.0. The predicted octanol–water partition coefficient (Wildman–Crippen LogP) is 3.76. The molecule has 190 valence electrons. The van der Waals surface area contributed by atoms with E-state index < -0.39 is 0 Å². The molecule has 3 heterocycles. The molecule has 0 aliphatic carbocycles. The predicted molar refractivity (Wildman–Crippen MR) is 138 cm³/mol. The van der Waals surface area contributed by atoms with Crippen molar-refractivity contribution in [1.82, 2.24) is 20.0 Å². The number of carbonyl (C=O) groups excluding carboxylic acids is 1. The Morgan fingerprint density at radius 1 is 1.09 bits per heavy atom. The molecule has 4 rings (SSSR count). The minimum absolute atomic E-state index is 0.162. The number of ether oxygens (including phenoxy) is 2. The molecule has 0 unspecified atom stereocenters. The van der Waals surface area contributed by atoms with Gasteiger partial charge in [0.05, 0.1) is 25.6 Å². The van der Waals surface area contributed by atoms with Crippen LogP contribution in [0.1, 0.15) is 39.0 Å². The number of hydrogen-bond donors (Lipinski definition) is 2. The molecule has 2 N–H and O–H groups in total. The SMILES string of the molecule is COc1ccc(Nc2cnnc(NCC3CCN(C(C)=O)CC3)c2)cc1OCCCN1CCCC1. The van der Waals surface area contributed by atoms with Crippen LogP contribution in [-0.2, 0) is 4.79 Å². The third kappa shape index (κ3) is 7.45. The molecular formula is C26H38N6O3. The number of piperidine rings is 1. The van der Waals surface area contributed by atoms with E-state index in [9.17, 15) is 4.79 Å². The number of methoxy groups -OCH3 is 1. The fraction of sp³-hybridized carbons (Fsp3) is 0.577. The van der Waals surface area contributed by atoms with Gasteiger partial charge < -0.3 is 29.9 Å². The third-order valence-electron chi connectivity index (χ3n) is 6.81. The Labute approximate surface area is 208 Å². The van der Waals surface area contributed by atoms with Gasteiger partial charge in [0.15, 0.2) is 17.3 Å². The summed E-state index contributed by atoms with van der Waals surface area (Å²) in [7, 11) is 1.66. The average Bonchev–Trinajstić information content (AvgIpc) is 3.40. The molecule has 2 aliphatic heterocycles. The highest BCUT2D eigenvalue weighted by molar-refractivity contribution is 5.73. The van der Waals surface area contributed by atoms with E-state index in [0.29, 0.717) is 12.5 Å². The number of benzene rings is 1. The quantitative estimate of drug-likeness (QED) is 0.468. The van der Waals surface area contributed by atoms with Crippen LogP contribution in [0.25, 0.3) is 0 Å². The van der Waals surface area contributed by atoms with Gasteiger partial charge in [-0.2, -0.15) is 5.10 Å². The van der Waals surface area contributed by atoms with E-state index in [-0.39, 0.29) is 5.91 Å². The Kier molecular flexibility index (Phi) is 9.00. The monoisotopic (exact) mass is 482 g/mol. The number of nitrogens with one attached hydrogen (secondary N) is 2. The number of nitrogens with zero attached hydrogens (tertiary/aromatic N) is 4. The molecule has 9 heteroatoms. The summed E-state index contributed by atoms with van der Waals surface area (Å²) in [6.07, 6.45) is 7.33. The fourth-order valence-corrected chi connectivity index (χ4v) is 4.73. The zero-order chi connectivity index (χ0) is 24.5. The molecule has 1 aromatic heterocycles. The molecule has 2 saturated heterocycles. The second-order valence-electron chi connectivity index (χ2n) is 9.40. The van der Waals surface area contributed by atoms with Gasteiger partial charge in [0.1, 0.15) is 0 Å². The lowest BCUT2D eigenvalue weighted by Crippen LogP contribution is -2.38. The first-order chi connectivity index (χ1) is 17.1. The summed E-state index contributed by atoms with van der Waals surface area (Å²) >= 11 is 0. The lowest BCUT2D eigenvalue weighted by molar-refractivity contribution is -0.130. The highest BCUT2D eigenvalue weighted by Crippen LogP contribution is 2.32. The van der Waals surface area contributed by atoms with Crippen LogP contribution in [0, 0.1) is 5.92 Å². The Hall–Kier alpha value is -3.07. The van der Waals surface area contributed by atoms with E-state index in [1.807, 2.05) is 29.2 Å². The van der Waals surface area contributed by atoms with Crippen LogP contribution in [0.3, 0.4) is 0 Å². The Bertz CT molecular complexity index is 958. The highest BCUT2D eigenvalue weighted by atomic mass is 16.5. The Morgan fingerprint density at radius 2 is 1.89 bits per heavy atom. The summed E-state index contributed by atoms with van der Waals surface area (Å²) in [5.74, 6) is 2.88. The maximum Gasteiger partial charge on any atom is 0.219 e. The minimum atomic E-state index is 0.162. The van der Waals surface area contributed by atoms with Crippen molar-refractivity contribution in [3.63, 3.8) is 0 Å². The van der Waals surface area contributed by atoms with Crippen molar-refractivity contribution in [3.8, 4) is 11.5 Å². The van der Waals surface area contributed by atoms with Gasteiger partial charge in [0.2, 0.25) is 5.91 Å². The zero-order valence-corrected chi connectivity index (χ0v) is 21.0. The molecule has 1 aromatic carbocycles. The number of aromatic nitrogens is 2. The molecule has 2 fully saturated rings. The van der Waals surface area contributed by atoms with Crippen molar-refractivity contribution < 1.29 is 14.3 Å². The maximum absolute atomic E-state index is 11.5. The van der Waals surface area contributed by atoms with Gasteiger partial charge in [0.25, 0.3) is 0 Å². The first-order valence-electron chi connectivity index (χ1n) is 12.7. The van der Waals surface area contributed by atoms with E-state index in [4.69, 9.17) is 9.47 Å². The van der Waals surface area contributed by atoms with Gasteiger partial charge in [-0.15, -0.1) is 5.10 Å². The van der Waals surface area contributed by atoms with Gasteiger partial charge in [-0.3, -0.25) is 4.79 Å². The molecule has 0 saturated carbocycles. The summed E-state index contributed by atoms with van der Waals surface area (Å²) in [5.41, 5.74) is 1.75. The Morgan fingerprint density at radius 3 is 2.63 bits per heavy atom. The number of carbonyl (C=O) groups is 1. The van der Waals surface area contributed by atoms with Gasteiger partial charge in [-0.05, 0) is 63.2 Å². The molecule has 2 aliphatic rings. The highest BCUT2D eigenvalue weighted by Gasteiger charge is 2.20. The van der Waals surface area contributed by atoms with Crippen molar-refractivity contribution >= 4 is 23.1 Å². The third-order valence-corrected chi connectivity index (χ3v) is 6.81. The van der Waals surface area contributed by atoms with Crippen LogP contribution in [0.2, 0.25) is 0 Å². The van der Waals surface area contributed by atoms with Crippen molar-refractivity contribution in [2.45, 2.75) is 39.0 Å². The van der Waals surface area contributed by atoms with E-state index in [0.717, 1.165) is 74.1 Å². The average molecular weight is 483 g/mol. The molecule has 0 radical (unpaired) electrons. The lowest BCUT2D eigenvalue weighted by Gasteiger charge is -2.31. The van der Waals surface area contributed by atoms with Crippen molar-refractivity contribution in [3.05, 3.63) is 30.5 Å². The molecule has 1 amide bonds. The van der Waals surface area contributed by atoms with E-state index in [2.05, 4.69) is 25.7 Å². The summed E-state index contributed by atoms with van der Waals surface area (Å²) in [5, 5.41) is 15.2. The van der Waals surface area contributed by atoms with Crippen LogP contribution >= 0.6 is 0 Å². The zero-order valence-electron chi connectivity index (χ0n) is 21.0. The topological polar surface area (TPSA) is 91.8 Å². The molecule has 0 atom stereocenters. The van der Waals surface area contributed by atoms with Gasteiger partial charge in [-0.25, -0.2) is 0 Å².